The molecule has 2 heteroatoms. The van der Waals surface area contributed by atoms with Crippen molar-refractivity contribution in [2.75, 3.05) is 0 Å². The minimum absolute atomic E-state index is 0.242. The minimum Gasteiger partial charge on any atom is -0.307 e. The summed E-state index contributed by atoms with van der Waals surface area (Å²) in [6.45, 7) is 14.5. The molecule has 1 N–H and O–H groups in total. The Morgan fingerprint density at radius 1 is 1.12 bits per heavy atom. The van der Waals surface area contributed by atoms with Crippen LogP contribution >= 0.6 is 11.3 Å². The van der Waals surface area contributed by atoms with Crippen LogP contribution in [0.25, 0.3) is 0 Å². The van der Waals surface area contributed by atoms with Gasteiger partial charge in [-0.1, -0.05) is 27.7 Å². The fraction of sp³-hybridized carbons (Fsp3) is 0.714. The van der Waals surface area contributed by atoms with Crippen LogP contribution in [0.2, 0.25) is 0 Å². The molecule has 0 aromatic carbocycles. The van der Waals surface area contributed by atoms with E-state index in [1.807, 2.05) is 11.3 Å². The van der Waals surface area contributed by atoms with Gasteiger partial charge in [0, 0.05) is 21.8 Å². The fourth-order valence-electron chi connectivity index (χ4n) is 1.33. The summed E-state index contributed by atoms with van der Waals surface area (Å²) in [6.07, 6.45) is 1.16. The lowest BCUT2D eigenvalue weighted by Gasteiger charge is -2.24. The molecular weight excluding hydrogens is 214 g/mol. The molecule has 0 radical (unpaired) electrons. The topological polar surface area (TPSA) is 12.0 Å². The number of thiophene rings is 1. The van der Waals surface area contributed by atoms with Gasteiger partial charge in [0.05, 0.1) is 0 Å². The van der Waals surface area contributed by atoms with Crippen molar-refractivity contribution in [2.24, 2.45) is 0 Å². The van der Waals surface area contributed by atoms with Gasteiger partial charge in [-0.25, -0.2) is 0 Å². The third-order valence-electron chi connectivity index (χ3n) is 3.03. The molecule has 0 saturated carbocycles. The molecule has 0 aliphatic heterocycles. The molecule has 1 aromatic rings. The normalized spacial score (nSPS) is 13.1. The first-order valence-corrected chi connectivity index (χ1v) is 6.90. The Morgan fingerprint density at radius 3 is 2.19 bits per heavy atom. The van der Waals surface area contributed by atoms with Crippen LogP contribution in [0.15, 0.2) is 12.1 Å². The van der Waals surface area contributed by atoms with Crippen LogP contribution in [0.5, 0.6) is 0 Å². The van der Waals surface area contributed by atoms with Gasteiger partial charge in [0.2, 0.25) is 0 Å². The van der Waals surface area contributed by atoms with E-state index in [0.717, 1.165) is 13.0 Å². The van der Waals surface area contributed by atoms with Crippen LogP contribution in [-0.4, -0.2) is 5.54 Å². The monoisotopic (exact) mass is 239 g/mol. The third-order valence-corrected chi connectivity index (χ3v) is 4.54. The molecule has 0 aliphatic carbocycles. The zero-order chi connectivity index (χ0) is 12.4. The molecule has 1 rings (SSSR count). The van der Waals surface area contributed by atoms with Gasteiger partial charge in [-0.3, -0.25) is 0 Å². The predicted molar refractivity (Wildman–Crippen MR) is 74.2 cm³/mol. The number of hydrogen-bond acceptors (Lipinski definition) is 2. The molecule has 0 unspecified atom stereocenters. The molecule has 1 aromatic heterocycles. The van der Waals surface area contributed by atoms with E-state index in [4.69, 9.17) is 0 Å². The van der Waals surface area contributed by atoms with E-state index in [0.29, 0.717) is 0 Å². The summed E-state index contributed by atoms with van der Waals surface area (Å²) in [4.78, 5) is 2.91. The minimum atomic E-state index is 0.242. The van der Waals surface area contributed by atoms with Crippen molar-refractivity contribution in [1.82, 2.24) is 5.32 Å². The van der Waals surface area contributed by atoms with Crippen LogP contribution in [-0.2, 0) is 12.0 Å². The fourth-order valence-corrected chi connectivity index (χ4v) is 2.33. The Hall–Kier alpha value is -0.340. The molecule has 92 valence electrons. The lowest BCUT2D eigenvalue weighted by Crippen LogP contribution is -2.37. The van der Waals surface area contributed by atoms with Crippen LogP contribution in [0.1, 0.15) is 57.7 Å². The molecule has 0 aliphatic rings. The van der Waals surface area contributed by atoms with Crippen LogP contribution < -0.4 is 5.32 Å². The van der Waals surface area contributed by atoms with Crippen LogP contribution in [0.4, 0.5) is 0 Å². The second kappa shape index (κ2) is 4.89. The van der Waals surface area contributed by atoms with Crippen molar-refractivity contribution in [3.63, 3.8) is 0 Å². The molecule has 1 heterocycles. The van der Waals surface area contributed by atoms with Gasteiger partial charge in [0.25, 0.3) is 0 Å². The second-order valence-corrected chi connectivity index (χ2v) is 7.28. The predicted octanol–water partition coefficient (Wildman–Crippen LogP) is 4.32. The molecule has 16 heavy (non-hydrogen) atoms. The third kappa shape index (κ3) is 3.91. The Bertz CT molecular complexity index is 331. The van der Waals surface area contributed by atoms with Crippen molar-refractivity contribution in [1.29, 1.82) is 0 Å². The van der Waals surface area contributed by atoms with Gasteiger partial charge in [-0.2, -0.15) is 0 Å². The largest absolute Gasteiger partial charge is 0.307 e. The zero-order valence-electron chi connectivity index (χ0n) is 11.5. The van der Waals surface area contributed by atoms with Crippen molar-refractivity contribution in [2.45, 2.75) is 65.5 Å². The first-order chi connectivity index (χ1) is 7.24. The lowest BCUT2D eigenvalue weighted by molar-refractivity contribution is 0.376. The van der Waals surface area contributed by atoms with Gasteiger partial charge in [-0.05, 0) is 37.8 Å². The van der Waals surface area contributed by atoms with Gasteiger partial charge < -0.3 is 5.32 Å². The second-order valence-electron chi connectivity index (χ2n) is 6.11. The maximum Gasteiger partial charge on any atom is 0.0304 e. The maximum atomic E-state index is 3.60. The molecular formula is C14H25NS. The molecule has 0 atom stereocenters. The van der Waals surface area contributed by atoms with E-state index >= 15 is 0 Å². The average molecular weight is 239 g/mol. The van der Waals surface area contributed by atoms with E-state index in [9.17, 15) is 0 Å². The summed E-state index contributed by atoms with van der Waals surface area (Å²) in [7, 11) is 0. The highest BCUT2D eigenvalue weighted by Crippen LogP contribution is 2.29. The van der Waals surface area contributed by atoms with Crippen LogP contribution in [0.3, 0.4) is 0 Å². The Labute approximate surface area is 104 Å². The van der Waals surface area contributed by atoms with E-state index in [-0.39, 0.29) is 11.0 Å². The van der Waals surface area contributed by atoms with Gasteiger partial charge >= 0.3 is 0 Å². The van der Waals surface area contributed by atoms with Crippen molar-refractivity contribution < 1.29 is 0 Å². The first-order valence-electron chi connectivity index (χ1n) is 6.09. The van der Waals surface area contributed by atoms with E-state index in [1.165, 1.54) is 9.75 Å². The maximum absolute atomic E-state index is 3.60. The Kier molecular flexibility index (Phi) is 4.19. The molecule has 0 amide bonds. The highest BCUT2D eigenvalue weighted by molar-refractivity contribution is 7.12. The smallest absolute Gasteiger partial charge is 0.0304 e. The molecule has 1 nitrogen and oxygen atoms in total. The summed E-state index contributed by atoms with van der Waals surface area (Å²) in [5.74, 6) is 0. The van der Waals surface area contributed by atoms with Crippen LogP contribution in [0, 0.1) is 0 Å². The Morgan fingerprint density at radius 2 is 1.75 bits per heavy atom. The SMILES string of the molecule is CCC(C)(C)NCc1ccc(C(C)(C)C)s1. The van der Waals surface area contributed by atoms with Gasteiger partial charge in [0.15, 0.2) is 0 Å². The van der Waals surface area contributed by atoms with E-state index < -0.39 is 0 Å². The van der Waals surface area contributed by atoms with Crippen molar-refractivity contribution in [3.05, 3.63) is 21.9 Å². The quantitative estimate of drug-likeness (QED) is 0.825. The summed E-state index contributed by atoms with van der Waals surface area (Å²) >= 11 is 1.93. The molecule has 0 fully saturated rings. The summed E-state index contributed by atoms with van der Waals surface area (Å²) < 4.78 is 0. The highest BCUT2D eigenvalue weighted by atomic mass is 32.1. The van der Waals surface area contributed by atoms with Crippen molar-refractivity contribution in [3.8, 4) is 0 Å². The zero-order valence-corrected chi connectivity index (χ0v) is 12.3. The summed E-state index contributed by atoms with van der Waals surface area (Å²) in [5.41, 5.74) is 0.523. The number of hydrogen-bond donors (Lipinski definition) is 1. The van der Waals surface area contributed by atoms with Crippen molar-refractivity contribution >= 4 is 11.3 Å². The molecule has 0 bridgehead atoms. The standard InChI is InChI=1S/C14H25NS/c1-7-14(5,6)15-10-11-8-9-12(16-11)13(2,3)4/h8-9,15H,7,10H2,1-6H3. The molecule has 0 saturated heterocycles. The first kappa shape index (κ1) is 13.7. The van der Waals surface area contributed by atoms with Gasteiger partial charge in [-0.15, -0.1) is 11.3 Å². The highest BCUT2D eigenvalue weighted by Gasteiger charge is 2.17. The summed E-state index contributed by atoms with van der Waals surface area (Å²) in [6, 6.07) is 4.52. The van der Waals surface area contributed by atoms with Gasteiger partial charge in [0.1, 0.15) is 0 Å². The number of rotatable bonds is 4. The average Bonchev–Trinajstić information content (AvgIpc) is 2.63. The number of nitrogens with one attached hydrogen (secondary N) is 1. The Balaban J connectivity index is 2.60. The summed E-state index contributed by atoms with van der Waals surface area (Å²) in [5, 5.41) is 3.60. The molecule has 0 spiro atoms. The van der Waals surface area contributed by atoms with E-state index in [2.05, 4.69) is 59.0 Å². The lowest BCUT2D eigenvalue weighted by atomic mass is 9.95. The van der Waals surface area contributed by atoms with E-state index in [1.54, 1.807) is 0 Å².